The van der Waals surface area contributed by atoms with Crippen molar-refractivity contribution < 1.29 is 4.79 Å². The molecule has 0 spiro atoms. The number of carbonyl (C=O) groups excluding carboxylic acids is 1. The lowest BCUT2D eigenvalue weighted by Gasteiger charge is -2.03. The minimum Gasteiger partial charge on any atom is -0.321 e. The number of carbonyl (C=O) groups is 1. The van der Waals surface area contributed by atoms with Crippen molar-refractivity contribution in [2.75, 3.05) is 5.32 Å². The van der Waals surface area contributed by atoms with E-state index in [1.54, 1.807) is 28.9 Å². The maximum absolute atomic E-state index is 12.7. The second-order valence-corrected chi connectivity index (χ2v) is 7.42. The Bertz CT molecular complexity index is 1200. The second-order valence-electron chi connectivity index (χ2n) is 5.96. The van der Waals surface area contributed by atoms with E-state index in [1.807, 2.05) is 37.4 Å². The molecule has 0 radical (unpaired) electrons. The number of nitrogens with zero attached hydrogens (tertiary/aromatic N) is 3. The van der Waals surface area contributed by atoms with E-state index in [0.717, 1.165) is 21.5 Å². The molecule has 1 N–H and O–H groups in total. The van der Waals surface area contributed by atoms with Gasteiger partial charge in [-0.05, 0) is 36.4 Å². The lowest BCUT2D eigenvalue weighted by Crippen LogP contribution is -2.10. The fourth-order valence-electron chi connectivity index (χ4n) is 2.83. The molecule has 0 saturated heterocycles. The van der Waals surface area contributed by atoms with Crippen LogP contribution in [0.25, 0.3) is 21.5 Å². The molecule has 0 aliphatic heterocycles. The Labute approximate surface area is 164 Å². The summed E-state index contributed by atoms with van der Waals surface area (Å²) >= 11 is 7.35. The van der Waals surface area contributed by atoms with Crippen molar-refractivity contribution in [2.45, 2.75) is 0 Å². The summed E-state index contributed by atoms with van der Waals surface area (Å²) in [5, 5.41) is 18.0. The molecule has 0 saturated carbocycles. The van der Waals surface area contributed by atoms with Crippen LogP contribution in [0, 0.1) is 11.3 Å². The molecule has 0 fully saturated rings. The third kappa shape index (κ3) is 3.31. The van der Waals surface area contributed by atoms with Gasteiger partial charge in [-0.3, -0.25) is 9.48 Å². The maximum Gasteiger partial charge on any atom is 0.265 e. The van der Waals surface area contributed by atoms with Crippen molar-refractivity contribution in [2.24, 2.45) is 7.05 Å². The normalized spacial score (nSPS) is 10.7. The lowest BCUT2D eigenvalue weighted by atomic mass is 10.1. The molecule has 5 nitrogen and oxygen atoms in total. The van der Waals surface area contributed by atoms with Crippen molar-refractivity contribution in [1.82, 2.24) is 9.78 Å². The first-order chi connectivity index (χ1) is 13.0. The van der Waals surface area contributed by atoms with E-state index >= 15 is 0 Å². The number of amides is 1. The molecule has 2 heterocycles. The second kappa shape index (κ2) is 6.88. The highest BCUT2D eigenvalue weighted by molar-refractivity contribution is 7.20. The smallest absolute Gasteiger partial charge is 0.265 e. The number of aryl methyl sites for hydroxylation is 1. The SMILES string of the molecule is Cn1nc(-c2ccc(Cl)cc2)c2cc(C(=O)Nc3cccc(C#N)c3)sc21. The van der Waals surface area contributed by atoms with Crippen LogP contribution in [0.2, 0.25) is 5.02 Å². The van der Waals surface area contributed by atoms with Gasteiger partial charge in [0.25, 0.3) is 5.91 Å². The molecule has 0 unspecified atom stereocenters. The fourth-order valence-corrected chi connectivity index (χ4v) is 3.93. The molecule has 0 aliphatic rings. The number of hydrogen-bond acceptors (Lipinski definition) is 4. The summed E-state index contributed by atoms with van der Waals surface area (Å²) in [6.45, 7) is 0. The van der Waals surface area contributed by atoms with Crippen molar-refractivity contribution in [3.05, 3.63) is 70.1 Å². The van der Waals surface area contributed by atoms with Crippen molar-refractivity contribution in [3.63, 3.8) is 0 Å². The van der Waals surface area contributed by atoms with Gasteiger partial charge in [0.05, 0.1) is 16.5 Å². The Kier molecular flexibility index (Phi) is 4.40. The summed E-state index contributed by atoms with van der Waals surface area (Å²) in [7, 11) is 1.86. The highest BCUT2D eigenvalue weighted by atomic mass is 35.5. The number of thiophene rings is 1. The number of nitrogens with one attached hydrogen (secondary N) is 1. The monoisotopic (exact) mass is 392 g/mol. The number of rotatable bonds is 3. The minimum atomic E-state index is -0.214. The highest BCUT2D eigenvalue weighted by Crippen LogP contribution is 2.34. The van der Waals surface area contributed by atoms with Crippen LogP contribution < -0.4 is 5.32 Å². The van der Waals surface area contributed by atoms with Gasteiger partial charge >= 0.3 is 0 Å². The quantitative estimate of drug-likeness (QED) is 0.528. The van der Waals surface area contributed by atoms with E-state index in [-0.39, 0.29) is 5.91 Å². The third-order valence-corrected chi connectivity index (χ3v) is 5.56. The van der Waals surface area contributed by atoms with Gasteiger partial charge in [0.15, 0.2) is 0 Å². The van der Waals surface area contributed by atoms with Gasteiger partial charge in [-0.15, -0.1) is 11.3 Å². The van der Waals surface area contributed by atoms with E-state index in [1.165, 1.54) is 11.3 Å². The van der Waals surface area contributed by atoms with Gasteiger partial charge in [-0.2, -0.15) is 10.4 Å². The highest BCUT2D eigenvalue weighted by Gasteiger charge is 2.18. The van der Waals surface area contributed by atoms with Gasteiger partial charge in [0, 0.05) is 28.7 Å². The fraction of sp³-hybridized carbons (Fsp3) is 0.0500. The van der Waals surface area contributed by atoms with Crippen LogP contribution in [0.1, 0.15) is 15.2 Å². The molecular formula is C20H13ClN4OS. The Hall–Kier alpha value is -3.14. The number of nitriles is 1. The topological polar surface area (TPSA) is 70.7 Å². The maximum atomic E-state index is 12.7. The molecule has 132 valence electrons. The summed E-state index contributed by atoms with van der Waals surface area (Å²) in [6, 6.07) is 18.2. The number of fused-ring (bicyclic) bond motifs is 1. The molecule has 2 aromatic heterocycles. The summed E-state index contributed by atoms with van der Waals surface area (Å²) in [5.41, 5.74) is 2.84. The number of benzene rings is 2. The van der Waals surface area contributed by atoms with Crippen molar-refractivity contribution >= 4 is 44.7 Å². The first-order valence-electron chi connectivity index (χ1n) is 8.09. The summed E-state index contributed by atoms with van der Waals surface area (Å²) in [6.07, 6.45) is 0. The summed E-state index contributed by atoms with van der Waals surface area (Å²) < 4.78 is 1.77. The third-order valence-electron chi connectivity index (χ3n) is 4.10. The largest absolute Gasteiger partial charge is 0.321 e. The Balaban J connectivity index is 1.69. The zero-order valence-electron chi connectivity index (χ0n) is 14.2. The van der Waals surface area contributed by atoms with E-state index in [9.17, 15) is 4.79 Å². The molecule has 0 aliphatic carbocycles. The first-order valence-corrected chi connectivity index (χ1v) is 9.28. The van der Waals surface area contributed by atoms with Crippen molar-refractivity contribution in [3.8, 4) is 17.3 Å². The Morgan fingerprint density at radius 3 is 2.74 bits per heavy atom. The van der Waals surface area contributed by atoms with Crippen LogP contribution in [0.5, 0.6) is 0 Å². The Morgan fingerprint density at radius 1 is 1.22 bits per heavy atom. The van der Waals surface area contributed by atoms with E-state index < -0.39 is 0 Å². The molecule has 2 aromatic carbocycles. The first kappa shape index (κ1) is 17.3. The molecule has 27 heavy (non-hydrogen) atoms. The van der Waals surface area contributed by atoms with Crippen LogP contribution in [-0.4, -0.2) is 15.7 Å². The lowest BCUT2D eigenvalue weighted by molar-refractivity contribution is 0.103. The number of hydrogen-bond donors (Lipinski definition) is 1. The predicted molar refractivity (Wildman–Crippen MR) is 108 cm³/mol. The summed E-state index contributed by atoms with van der Waals surface area (Å²) in [4.78, 5) is 14.1. The van der Waals surface area contributed by atoms with Crippen LogP contribution in [0.3, 0.4) is 0 Å². The average molecular weight is 393 g/mol. The van der Waals surface area contributed by atoms with Gasteiger partial charge in [-0.1, -0.05) is 29.8 Å². The standard InChI is InChI=1S/C20H13ClN4OS/c1-25-20-16(18(24-25)13-5-7-14(21)8-6-13)10-17(27-20)19(26)23-15-4-2-3-12(9-15)11-22/h2-10H,1H3,(H,23,26). The number of anilines is 1. The van der Waals surface area contributed by atoms with E-state index in [2.05, 4.69) is 16.5 Å². The molecule has 1 amide bonds. The van der Waals surface area contributed by atoms with Crippen LogP contribution in [0.15, 0.2) is 54.6 Å². The van der Waals surface area contributed by atoms with Crippen LogP contribution in [0.4, 0.5) is 5.69 Å². The molecule has 4 rings (SSSR count). The van der Waals surface area contributed by atoms with Gasteiger partial charge in [0.1, 0.15) is 10.5 Å². The van der Waals surface area contributed by atoms with Crippen molar-refractivity contribution in [1.29, 1.82) is 5.26 Å². The average Bonchev–Trinajstić information content (AvgIpc) is 3.24. The molecule has 4 aromatic rings. The zero-order valence-corrected chi connectivity index (χ0v) is 15.8. The molecule has 0 bridgehead atoms. The van der Waals surface area contributed by atoms with E-state index in [0.29, 0.717) is 21.2 Å². The van der Waals surface area contributed by atoms with Crippen LogP contribution in [-0.2, 0) is 7.05 Å². The zero-order chi connectivity index (χ0) is 19.0. The predicted octanol–water partition coefficient (Wildman–Crippen LogP) is 5.08. The van der Waals surface area contributed by atoms with Gasteiger partial charge in [-0.25, -0.2) is 0 Å². The number of halogens is 1. The minimum absolute atomic E-state index is 0.214. The molecule has 0 atom stereocenters. The van der Waals surface area contributed by atoms with Gasteiger partial charge in [0.2, 0.25) is 0 Å². The van der Waals surface area contributed by atoms with Crippen LogP contribution >= 0.6 is 22.9 Å². The summed E-state index contributed by atoms with van der Waals surface area (Å²) in [5.74, 6) is -0.214. The number of aromatic nitrogens is 2. The Morgan fingerprint density at radius 2 is 2.00 bits per heavy atom. The molecule has 7 heteroatoms. The molecular weight excluding hydrogens is 380 g/mol. The van der Waals surface area contributed by atoms with E-state index in [4.69, 9.17) is 16.9 Å². The van der Waals surface area contributed by atoms with Gasteiger partial charge < -0.3 is 5.32 Å².